The first-order valence-corrected chi connectivity index (χ1v) is 18.2. The van der Waals surface area contributed by atoms with E-state index in [0.29, 0.717) is 60.4 Å². The minimum absolute atomic E-state index is 0.0241. The highest BCUT2D eigenvalue weighted by molar-refractivity contribution is 7.87. The van der Waals surface area contributed by atoms with Crippen molar-refractivity contribution in [1.82, 2.24) is 19.7 Å². The third-order valence-electron chi connectivity index (χ3n) is 10.5. The zero-order valence-electron chi connectivity index (χ0n) is 27.6. The van der Waals surface area contributed by atoms with Gasteiger partial charge in [0, 0.05) is 49.6 Å². The summed E-state index contributed by atoms with van der Waals surface area (Å²) < 4.78 is 66.4. The lowest BCUT2D eigenvalue weighted by atomic mass is 9.76. The van der Waals surface area contributed by atoms with Crippen LogP contribution in [0.5, 0.6) is 5.75 Å². The highest BCUT2D eigenvalue weighted by atomic mass is 32.2. The smallest absolute Gasteiger partial charge is 0.303 e. The Labute approximate surface area is 276 Å². The molecule has 2 amide bonds. The van der Waals surface area contributed by atoms with Crippen molar-refractivity contribution in [2.24, 2.45) is 0 Å². The Bertz CT molecular complexity index is 1660. The highest BCUT2D eigenvalue weighted by Gasteiger charge is 2.50. The fourth-order valence-electron chi connectivity index (χ4n) is 7.12. The van der Waals surface area contributed by atoms with Crippen LogP contribution in [-0.2, 0) is 25.2 Å². The molecule has 6 rings (SSSR count). The number of halogens is 2. The fourth-order valence-corrected chi connectivity index (χ4v) is 8.48. The molecule has 2 aliphatic carbocycles. The molecule has 0 aromatic heterocycles. The summed E-state index contributed by atoms with van der Waals surface area (Å²) in [4.78, 5) is 26.4. The van der Waals surface area contributed by atoms with E-state index in [9.17, 15) is 18.0 Å². The van der Waals surface area contributed by atoms with Gasteiger partial charge in [-0.3, -0.25) is 9.59 Å². The molecule has 9 nitrogen and oxygen atoms in total. The van der Waals surface area contributed by atoms with Crippen LogP contribution < -0.4 is 20.1 Å². The second-order valence-electron chi connectivity index (χ2n) is 15.0. The predicted octanol–water partition coefficient (Wildman–Crippen LogP) is 5.00. The number of nitrogens with zero attached hydrogens (tertiary/aromatic N) is 1. The number of hydrogen-bond donors (Lipinski definition) is 3. The second kappa shape index (κ2) is 12.4. The van der Waals surface area contributed by atoms with Gasteiger partial charge in [-0.1, -0.05) is 24.6 Å². The third kappa shape index (κ3) is 6.78. The Balaban J connectivity index is 1.26. The molecule has 47 heavy (non-hydrogen) atoms. The monoisotopic (exact) mass is 672 g/mol. The third-order valence-corrected chi connectivity index (χ3v) is 12.0. The average molecular weight is 673 g/mol. The van der Waals surface area contributed by atoms with E-state index in [1.54, 1.807) is 38.1 Å². The van der Waals surface area contributed by atoms with E-state index < -0.39 is 38.6 Å². The van der Waals surface area contributed by atoms with Crippen LogP contribution in [0.4, 0.5) is 8.78 Å². The number of ether oxygens (including phenoxy) is 1. The van der Waals surface area contributed by atoms with Crippen LogP contribution in [0.1, 0.15) is 96.1 Å². The van der Waals surface area contributed by atoms with Crippen LogP contribution >= 0.6 is 0 Å². The maximum Gasteiger partial charge on any atom is 0.303 e. The summed E-state index contributed by atoms with van der Waals surface area (Å²) in [5.41, 5.74) is -1.21. The van der Waals surface area contributed by atoms with Crippen molar-refractivity contribution in [2.75, 3.05) is 19.6 Å². The lowest BCUT2D eigenvalue weighted by molar-refractivity contribution is -0.132. The minimum atomic E-state index is -3.95. The summed E-state index contributed by atoms with van der Waals surface area (Å²) in [6.07, 6.45) is 5.09. The first-order valence-electron chi connectivity index (χ1n) is 16.8. The van der Waals surface area contributed by atoms with Gasteiger partial charge >= 0.3 is 10.2 Å². The van der Waals surface area contributed by atoms with Gasteiger partial charge in [-0.05, 0) is 101 Å². The van der Waals surface area contributed by atoms with E-state index in [2.05, 4.69) is 15.4 Å². The largest absolute Gasteiger partial charge is 0.490 e. The molecule has 3 atom stereocenters. The van der Waals surface area contributed by atoms with Gasteiger partial charge in [0.1, 0.15) is 17.7 Å². The number of rotatable bonds is 10. The molecule has 0 spiro atoms. The molecule has 0 bridgehead atoms. The predicted molar refractivity (Wildman–Crippen MR) is 175 cm³/mol. The number of amides is 2. The highest BCUT2D eigenvalue weighted by Crippen LogP contribution is 2.46. The molecule has 12 heteroatoms. The number of benzene rings is 2. The van der Waals surface area contributed by atoms with Gasteiger partial charge in [-0.15, -0.1) is 0 Å². The molecule has 4 fully saturated rings. The molecule has 3 N–H and O–H groups in total. The number of carbonyl (C=O) groups is 2. The van der Waals surface area contributed by atoms with Crippen LogP contribution in [0.3, 0.4) is 0 Å². The Kier molecular flexibility index (Phi) is 8.93. The molecule has 256 valence electrons. The van der Waals surface area contributed by atoms with Gasteiger partial charge in [-0.25, -0.2) is 13.5 Å². The molecule has 2 heterocycles. The van der Waals surface area contributed by atoms with Gasteiger partial charge in [0.05, 0.1) is 5.41 Å². The van der Waals surface area contributed by atoms with Gasteiger partial charge in [0.2, 0.25) is 11.6 Å². The molecule has 4 aliphatic rings. The van der Waals surface area contributed by atoms with E-state index in [4.69, 9.17) is 4.74 Å². The van der Waals surface area contributed by atoms with Crippen molar-refractivity contribution >= 4 is 22.0 Å². The maximum atomic E-state index is 15.5. The molecule has 2 saturated heterocycles. The van der Waals surface area contributed by atoms with Gasteiger partial charge < -0.3 is 15.4 Å². The summed E-state index contributed by atoms with van der Waals surface area (Å²) in [5, 5.41) is 5.98. The fraction of sp³-hybridized carbons (Fsp3) is 0.600. The standard InChI is InChI=1S/C35H46F2N4O5S/c1-33(2)20-35(37,21-38-33)32(43)39-24-13-14-25(19-24)46-29-15-12-23(34(3,4)31(42)40-47(44,45)41-16-7-17-41)18-27(29)26-10-6-11-28(36)30(26)22-8-5-9-22/h6,10-12,15,18,22,24-25,38H,5,7-9,13-14,16-17,19-21H2,1-4H3,(H,39,43)(H,40,42)/t24-,25-,35+/m1/s1. The topological polar surface area (TPSA) is 117 Å². The van der Waals surface area contributed by atoms with E-state index in [1.807, 2.05) is 19.9 Å². The van der Waals surface area contributed by atoms with Gasteiger partial charge in [0.15, 0.2) is 0 Å². The van der Waals surface area contributed by atoms with E-state index in [0.717, 1.165) is 25.7 Å². The lowest BCUT2D eigenvalue weighted by Gasteiger charge is -2.32. The van der Waals surface area contributed by atoms with Gasteiger partial charge in [-0.2, -0.15) is 12.7 Å². The molecule has 2 aromatic rings. The zero-order valence-corrected chi connectivity index (χ0v) is 28.4. The average Bonchev–Trinajstić information content (AvgIpc) is 3.49. The van der Waals surface area contributed by atoms with Gasteiger partial charge in [0.25, 0.3) is 5.91 Å². The summed E-state index contributed by atoms with van der Waals surface area (Å²) in [6, 6.07) is 10.0. The second-order valence-corrected chi connectivity index (χ2v) is 16.6. The van der Waals surface area contributed by atoms with Crippen LogP contribution in [-0.4, -0.2) is 67.5 Å². The number of nitrogens with one attached hydrogen (secondary N) is 3. The first-order chi connectivity index (χ1) is 22.1. The minimum Gasteiger partial charge on any atom is -0.490 e. The number of alkyl halides is 1. The van der Waals surface area contributed by atoms with Crippen LogP contribution in [0.25, 0.3) is 11.1 Å². The lowest BCUT2D eigenvalue weighted by Crippen LogP contribution is -2.53. The SMILES string of the molecule is CC1(C)C[C@@](F)(C(=O)N[C@@H]2CC[C@@H](Oc3ccc(C(C)(C)C(=O)NS(=O)(=O)N4CCC4)cc3-c3cccc(F)c3C3CCC3)C2)CN1. The van der Waals surface area contributed by atoms with Crippen molar-refractivity contribution in [3.05, 3.63) is 53.3 Å². The summed E-state index contributed by atoms with van der Waals surface area (Å²) in [7, 11) is -3.95. The molecule has 2 aromatic carbocycles. The van der Waals surface area contributed by atoms with E-state index in [1.165, 1.54) is 10.4 Å². The van der Waals surface area contributed by atoms with Crippen molar-refractivity contribution < 1.29 is 31.5 Å². The Hall–Kier alpha value is -3.09. The van der Waals surface area contributed by atoms with Crippen LogP contribution in [0.2, 0.25) is 0 Å². The molecular weight excluding hydrogens is 626 g/mol. The molecule has 0 radical (unpaired) electrons. The van der Waals surface area contributed by atoms with E-state index >= 15 is 8.78 Å². The summed E-state index contributed by atoms with van der Waals surface area (Å²) in [5.74, 6) is -0.995. The quantitative estimate of drug-likeness (QED) is 0.327. The molecular formula is C35H46F2N4O5S. The maximum absolute atomic E-state index is 15.5. The first kappa shape index (κ1) is 33.8. The Morgan fingerprint density at radius 2 is 1.79 bits per heavy atom. The molecule has 2 aliphatic heterocycles. The Morgan fingerprint density at radius 3 is 2.40 bits per heavy atom. The van der Waals surface area contributed by atoms with Crippen molar-refractivity contribution in [1.29, 1.82) is 0 Å². The number of hydrogen-bond acceptors (Lipinski definition) is 6. The normalized spacial score (nSPS) is 26.3. The van der Waals surface area contributed by atoms with Crippen LogP contribution in [0.15, 0.2) is 36.4 Å². The zero-order chi connectivity index (χ0) is 33.8. The Morgan fingerprint density at radius 1 is 1.04 bits per heavy atom. The van der Waals surface area contributed by atoms with Crippen molar-refractivity contribution in [3.8, 4) is 16.9 Å². The van der Waals surface area contributed by atoms with Crippen molar-refractivity contribution in [3.63, 3.8) is 0 Å². The molecule has 2 saturated carbocycles. The van der Waals surface area contributed by atoms with Crippen molar-refractivity contribution in [2.45, 2.75) is 114 Å². The summed E-state index contributed by atoms with van der Waals surface area (Å²) in [6.45, 7) is 7.80. The molecule has 0 unspecified atom stereocenters. The van der Waals surface area contributed by atoms with Crippen LogP contribution in [0, 0.1) is 5.82 Å². The number of carbonyl (C=O) groups excluding carboxylic acids is 2. The summed E-state index contributed by atoms with van der Waals surface area (Å²) >= 11 is 0. The van der Waals surface area contributed by atoms with E-state index in [-0.39, 0.29) is 36.8 Å².